The maximum atomic E-state index is 11.3. The average molecular weight is 312 g/mol. The van der Waals surface area contributed by atoms with Gasteiger partial charge in [-0.3, -0.25) is 4.79 Å². The van der Waals surface area contributed by atoms with E-state index in [1.54, 1.807) is 0 Å². The number of likely N-dealkylation sites (tertiary alicyclic amines) is 1. The Morgan fingerprint density at radius 2 is 1.77 bits per heavy atom. The molecule has 2 aromatic carbocycles. The summed E-state index contributed by atoms with van der Waals surface area (Å²) in [6, 6.07) is 13.1. The summed E-state index contributed by atoms with van der Waals surface area (Å²) in [6.45, 7) is 4.04. The van der Waals surface area contributed by atoms with Crippen molar-refractivity contribution in [2.75, 3.05) is 30.5 Å². The molecule has 2 aliphatic heterocycles. The maximum Gasteiger partial charge on any atom is 0.135 e. The number of hydrogen-bond donors (Lipinski definition) is 0. The Hall–Kier alpha value is -1.52. The van der Waals surface area contributed by atoms with Crippen LogP contribution in [0.15, 0.2) is 41.3 Å². The summed E-state index contributed by atoms with van der Waals surface area (Å²) in [5.74, 6) is 0.425. The van der Waals surface area contributed by atoms with Crippen molar-refractivity contribution >= 4 is 34.2 Å². The molecular formula is C18H20N2OS. The highest BCUT2D eigenvalue weighted by molar-refractivity contribution is 8.01. The molecule has 0 N–H and O–H groups in total. The van der Waals surface area contributed by atoms with E-state index in [9.17, 15) is 4.79 Å². The molecule has 114 valence electrons. The Kier molecular flexibility index (Phi) is 3.80. The Bertz CT molecular complexity index is 700. The molecule has 22 heavy (non-hydrogen) atoms. The molecule has 0 unspecified atom stereocenters. The zero-order chi connectivity index (χ0) is 14.9. The number of nitrogens with zero attached hydrogens (tertiary/aromatic N) is 2. The van der Waals surface area contributed by atoms with Crippen molar-refractivity contribution in [2.45, 2.75) is 24.2 Å². The number of Topliss-reactive ketones (excluding diaryl/α,β-unsaturated/α-hetero) is 1. The van der Waals surface area contributed by atoms with Crippen molar-refractivity contribution in [1.82, 2.24) is 4.90 Å². The van der Waals surface area contributed by atoms with Gasteiger partial charge >= 0.3 is 0 Å². The topological polar surface area (TPSA) is 23.6 Å². The first-order chi connectivity index (χ1) is 10.8. The van der Waals surface area contributed by atoms with Crippen LogP contribution in [0, 0.1) is 0 Å². The van der Waals surface area contributed by atoms with Crippen LogP contribution in [0.4, 0.5) is 5.69 Å². The number of rotatable bonds is 4. The fourth-order valence-corrected chi connectivity index (χ4v) is 4.53. The van der Waals surface area contributed by atoms with Crippen LogP contribution in [0.5, 0.6) is 0 Å². The van der Waals surface area contributed by atoms with Crippen molar-refractivity contribution in [3.63, 3.8) is 0 Å². The fourth-order valence-electron chi connectivity index (χ4n) is 3.37. The summed E-state index contributed by atoms with van der Waals surface area (Å²) in [5.41, 5.74) is 1.35. The number of hydrogen-bond acceptors (Lipinski definition) is 4. The molecule has 4 rings (SSSR count). The lowest BCUT2D eigenvalue weighted by Crippen LogP contribution is -2.35. The molecule has 4 heteroatoms. The molecule has 2 heterocycles. The molecular weight excluding hydrogens is 292 g/mol. The molecule has 1 fully saturated rings. The lowest BCUT2D eigenvalue weighted by Gasteiger charge is -2.26. The van der Waals surface area contributed by atoms with Gasteiger partial charge in [0.2, 0.25) is 0 Å². The van der Waals surface area contributed by atoms with E-state index >= 15 is 0 Å². The minimum atomic E-state index is 0.425. The largest absolute Gasteiger partial charge is 0.311 e. The number of carbonyl (C=O) groups is 1. The van der Waals surface area contributed by atoms with E-state index in [0.717, 1.165) is 45.4 Å². The first-order valence-corrected chi connectivity index (χ1v) is 8.80. The predicted octanol–water partition coefficient (Wildman–Crippen LogP) is 3.72. The van der Waals surface area contributed by atoms with Crippen molar-refractivity contribution in [1.29, 1.82) is 0 Å². The lowest BCUT2D eigenvalue weighted by molar-refractivity contribution is -0.121. The molecule has 0 radical (unpaired) electrons. The van der Waals surface area contributed by atoms with E-state index in [1.165, 1.54) is 21.4 Å². The minimum Gasteiger partial charge on any atom is -0.311 e. The van der Waals surface area contributed by atoms with E-state index in [2.05, 4.69) is 45.6 Å². The van der Waals surface area contributed by atoms with Gasteiger partial charge in [-0.05, 0) is 42.4 Å². The summed E-state index contributed by atoms with van der Waals surface area (Å²) >= 11 is 1.86. The van der Waals surface area contributed by atoms with Crippen molar-refractivity contribution in [2.24, 2.45) is 0 Å². The molecule has 0 aromatic heterocycles. The fraction of sp³-hybridized carbons (Fsp3) is 0.389. The van der Waals surface area contributed by atoms with Crippen LogP contribution in [0.1, 0.15) is 19.3 Å². The Morgan fingerprint density at radius 3 is 2.59 bits per heavy atom. The van der Waals surface area contributed by atoms with E-state index in [0.29, 0.717) is 5.78 Å². The summed E-state index contributed by atoms with van der Waals surface area (Å²) in [6.07, 6.45) is 2.62. The zero-order valence-corrected chi connectivity index (χ0v) is 13.4. The van der Waals surface area contributed by atoms with Crippen molar-refractivity contribution in [3.05, 3.63) is 36.4 Å². The van der Waals surface area contributed by atoms with Gasteiger partial charge in [-0.15, -0.1) is 0 Å². The maximum absolute atomic E-state index is 11.3. The molecule has 0 atom stereocenters. The number of carbonyl (C=O) groups excluding carboxylic acids is 1. The van der Waals surface area contributed by atoms with Crippen LogP contribution < -0.4 is 4.31 Å². The molecule has 2 aromatic rings. The van der Waals surface area contributed by atoms with E-state index < -0.39 is 0 Å². The molecule has 1 saturated heterocycles. The van der Waals surface area contributed by atoms with Gasteiger partial charge in [0.25, 0.3) is 0 Å². The summed E-state index contributed by atoms with van der Waals surface area (Å²) in [5, 5.41) is 2.73. The van der Waals surface area contributed by atoms with Crippen LogP contribution in [0.2, 0.25) is 0 Å². The lowest BCUT2D eigenvalue weighted by atomic mass is 10.1. The van der Waals surface area contributed by atoms with Gasteiger partial charge in [0.1, 0.15) is 5.78 Å². The third-order valence-electron chi connectivity index (χ3n) is 4.57. The van der Waals surface area contributed by atoms with Crippen LogP contribution >= 0.6 is 11.9 Å². The first kappa shape index (κ1) is 14.1. The highest BCUT2D eigenvalue weighted by Crippen LogP contribution is 2.45. The van der Waals surface area contributed by atoms with Crippen molar-refractivity contribution < 1.29 is 4.79 Å². The van der Waals surface area contributed by atoms with Crippen LogP contribution in [-0.4, -0.2) is 36.9 Å². The number of benzene rings is 2. The molecule has 0 aliphatic carbocycles. The van der Waals surface area contributed by atoms with E-state index in [4.69, 9.17) is 0 Å². The van der Waals surface area contributed by atoms with E-state index in [1.807, 2.05) is 11.9 Å². The highest BCUT2D eigenvalue weighted by Gasteiger charge is 2.22. The second kappa shape index (κ2) is 5.94. The highest BCUT2D eigenvalue weighted by atomic mass is 32.2. The zero-order valence-electron chi connectivity index (χ0n) is 12.6. The van der Waals surface area contributed by atoms with Gasteiger partial charge in [0.15, 0.2) is 0 Å². The average Bonchev–Trinajstić information content (AvgIpc) is 2.90. The SMILES string of the molecule is O=C1CCN(CCCN2Sc3cccc4cccc2c34)CC1. The van der Waals surface area contributed by atoms with Gasteiger partial charge in [-0.25, -0.2) is 0 Å². The van der Waals surface area contributed by atoms with Crippen molar-refractivity contribution in [3.8, 4) is 0 Å². The van der Waals surface area contributed by atoms with Crippen LogP contribution in [0.3, 0.4) is 0 Å². The number of piperidine rings is 1. The molecule has 3 nitrogen and oxygen atoms in total. The quantitative estimate of drug-likeness (QED) is 0.803. The Morgan fingerprint density at radius 1 is 1.00 bits per heavy atom. The van der Waals surface area contributed by atoms with Gasteiger partial charge in [0, 0.05) is 42.8 Å². The van der Waals surface area contributed by atoms with Gasteiger partial charge in [-0.1, -0.05) is 24.3 Å². The molecule has 0 amide bonds. The third-order valence-corrected chi connectivity index (χ3v) is 5.71. The van der Waals surface area contributed by atoms with Gasteiger partial charge in [-0.2, -0.15) is 0 Å². The normalized spacial score (nSPS) is 18.4. The second-order valence-electron chi connectivity index (χ2n) is 6.06. The van der Waals surface area contributed by atoms with Gasteiger partial charge < -0.3 is 9.21 Å². The van der Waals surface area contributed by atoms with Crippen LogP contribution in [0.25, 0.3) is 10.8 Å². The first-order valence-electron chi connectivity index (χ1n) is 8.02. The standard InChI is InChI=1S/C18H20N2OS/c21-15-8-12-19(13-9-15)10-3-11-20-16-6-1-4-14-5-2-7-17(22-20)18(14)16/h1-2,4-7H,3,8-13H2. The molecule has 0 spiro atoms. The summed E-state index contributed by atoms with van der Waals surface area (Å²) < 4.78 is 2.42. The number of ketones is 1. The van der Waals surface area contributed by atoms with Gasteiger partial charge in [0.05, 0.1) is 5.69 Å². The van der Waals surface area contributed by atoms with Crippen LogP contribution in [-0.2, 0) is 4.79 Å². The minimum absolute atomic E-state index is 0.425. The number of anilines is 1. The monoisotopic (exact) mass is 312 g/mol. The summed E-state index contributed by atoms with van der Waals surface area (Å²) in [4.78, 5) is 15.1. The smallest absolute Gasteiger partial charge is 0.135 e. The molecule has 0 bridgehead atoms. The summed E-state index contributed by atoms with van der Waals surface area (Å²) in [7, 11) is 0. The third kappa shape index (κ3) is 2.61. The Labute approximate surface area is 135 Å². The second-order valence-corrected chi connectivity index (χ2v) is 7.12. The molecule has 0 saturated carbocycles. The predicted molar refractivity (Wildman–Crippen MR) is 92.4 cm³/mol. The van der Waals surface area contributed by atoms with E-state index in [-0.39, 0.29) is 0 Å². The molecule has 2 aliphatic rings. The Balaban J connectivity index is 1.39.